The standard InChI is InChI=1S/C6H10O5/c7-2-1-4(8)5(9)3-6-10-11-6/h5-7,9H,1-3H2. The monoisotopic (exact) mass is 162 g/mol. The second kappa shape index (κ2) is 3.77. The Hall–Kier alpha value is -0.490. The zero-order chi connectivity index (χ0) is 8.27. The van der Waals surface area contributed by atoms with Crippen LogP contribution in [0.2, 0.25) is 0 Å². The SMILES string of the molecule is O=C(CCO)C(O)CC1OO1. The molecule has 5 nitrogen and oxygen atoms in total. The zero-order valence-electron chi connectivity index (χ0n) is 5.90. The summed E-state index contributed by atoms with van der Waals surface area (Å²) in [5.74, 6) is -0.383. The Labute approximate surface area is 63.5 Å². The Morgan fingerprint density at radius 1 is 1.55 bits per heavy atom. The highest BCUT2D eigenvalue weighted by Gasteiger charge is 2.31. The van der Waals surface area contributed by atoms with Crippen molar-refractivity contribution >= 4 is 5.78 Å². The van der Waals surface area contributed by atoms with E-state index >= 15 is 0 Å². The molecule has 1 atom stereocenters. The van der Waals surface area contributed by atoms with Crippen molar-refractivity contribution in [3.8, 4) is 0 Å². The average molecular weight is 162 g/mol. The van der Waals surface area contributed by atoms with Crippen LogP contribution in [-0.4, -0.2) is 35.0 Å². The fraction of sp³-hybridized carbons (Fsp3) is 0.833. The van der Waals surface area contributed by atoms with Gasteiger partial charge in [-0.1, -0.05) is 0 Å². The molecular formula is C6H10O5. The van der Waals surface area contributed by atoms with Crippen LogP contribution in [0.3, 0.4) is 0 Å². The molecule has 1 aliphatic rings. The summed E-state index contributed by atoms with van der Waals surface area (Å²) >= 11 is 0. The van der Waals surface area contributed by atoms with Crippen molar-refractivity contribution in [3.05, 3.63) is 0 Å². The summed E-state index contributed by atoms with van der Waals surface area (Å²) in [6, 6.07) is 0. The Bertz CT molecular complexity index is 142. The van der Waals surface area contributed by atoms with E-state index in [1.807, 2.05) is 0 Å². The molecule has 0 amide bonds. The van der Waals surface area contributed by atoms with Crippen molar-refractivity contribution < 1.29 is 24.8 Å². The number of carbonyl (C=O) groups is 1. The molecule has 5 heteroatoms. The van der Waals surface area contributed by atoms with Crippen LogP contribution >= 0.6 is 0 Å². The normalized spacial score (nSPS) is 19.8. The molecule has 1 saturated heterocycles. The minimum Gasteiger partial charge on any atom is -0.396 e. The van der Waals surface area contributed by atoms with Crippen molar-refractivity contribution in [2.24, 2.45) is 0 Å². The first-order valence-corrected chi connectivity index (χ1v) is 3.38. The third-order valence-electron chi connectivity index (χ3n) is 1.38. The summed E-state index contributed by atoms with van der Waals surface area (Å²) < 4.78 is 0. The van der Waals surface area contributed by atoms with Crippen LogP contribution in [0.1, 0.15) is 12.8 Å². The van der Waals surface area contributed by atoms with E-state index in [1.54, 1.807) is 0 Å². The van der Waals surface area contributed by atoms with E-state index in [2.05, 4.69) is 9.78 Å². The predicted molar refractivity (Wildman–Crippen MR) is 33.3 cm³/mol. The molecule has 0 bridgehead atoms. The molecule has 0 aromatic rings. The lowest BCUT2D eigenvalue weighted by atomic mass is 10.1. The van der Waals surface area contributed by atoms with E-state index in [0.29, 0.717) is 0 Å². The lowest BCUT2D eigenvalue weighted by Gasteiger charge is -2.03. The zero-order valence-corrected chi connectivity index (χ0v) is 5.90. The number of Topliss-reactive ketones (excluding diaryl/α,β-unsaturated/α-hetero) is 1. The highest BCUT2D eigenvalue weighted by Crippen LogP contribution is 2.18. The number of ketones is 1. The van der Waals surface area contributed by atoms with Gasteiger partial charge in [0, 0.05) is 12.8 Å². The second-order valence-electron chi connectivity index (χ2n) is 2.31. The Morgan fingerprint density at radius 2 is 2.18 bits per heavy atom. The van der Waals surface area contributed by atoms with Crippen LogP contribution in [0.15, 0.2) is 0 Å². The topological polar surface area (TPSA) is 82.6 Å². The number of hydrogen-bond donors (Lipinski definition) is 2. The molecule has 1 heterocycles. The number of rotatable bonds is 5. The number of carbonyl (C=O) groups excluding carboxylic acids is 1. The van der Waals surface area contributed by atoms with Crippen LogP contribution in [0.25, 0.3) is 0 Å². The van der Waals surface area contributed by atoms with E-state index in [1.165, 1.54) is 0 Å². The summed E-state index contributed by atoms with van der Waals surface area (Å²) in [5, 5.41) is 17.4. The van der Waals surface area contributed by atoms with Gasteiger partial charge in [-0.15, -0.1) is 0 Å². The molecule has 0 aliphatic carbocycles. The third kappa shape index (κ3) is 2.94. The fourth-order valence-corrected chi connectivity index (χ4v) is 0.708. The van der Waals surface area contributed by atoms with Crippen LogP contribution < -0.4 is 0 Å². The smallest absolute Gasteiger partial charge is 0.227 e. The highest BCUT2D eigenvalue weighted by atomic mass is 17.4. The van der Waals surface area contributed by atoms with Gasteiger partial charge in [0.25, 0.3) is 0 Å². The lowest BCUT2D eigenvalue weighted by molar-refractivity contribution is -0.128. The largest absolute Gasteiger partial charge is 0.396 e. The minimum absolute atomic E-state index is 0.0200. The first-order chi connectivity index (χ1) is 5.24. The fourth-order valence-electron chi connectivity index (χ4n) is 0.708. The van der Waals surface area contributed by atoms with E-state index in [0.717, 1.165) is 0 Å². The predicted octanol–water partition coefficient (Wildman–Crippen LogP) is -1.02. The van der Waals surface area contributed by atoms with Gasteiger partial charge in [-0.3, -0.25) is 4.79 Å². The van der Waals surface area contributed by atoms with Gasteiger partial charge in [-0.25, -0.2) is 0 Å². The summed E-state index contributed by atoms with van der Waals surface area (Å²) in [7, 11) is 0. The first kappa shape index (κ1) is 8.61. The molecule has 0 spiro atoms. The van der Waals surface area contributed by atoms with Gasteiger partial charge in [0.2, 0.25) is 6.29 Å². The van der Waals surface area contributed by atoms with Crippen molar-refractivity contribution in [1.29, 1.82) is 0 Å². The molecule has 64 valence electrons. The molecule has 0 aromatic heterocycles. The van der Waals surface area contributed by atoms with E-state index in [4.69, 9.17) is 10.2 Å². The maximum absolute atomic E-state index is 10.8. The molecule has 2 N–H and O–H groups in total. The molecule has 1 rings (SSSR count). The molecule has 11 heavy (non-hydrogen) atoms. The Morgan fingerprint density at radius 3 is 2.64 bits per heavy atom. The number of aliphatic hydroxyl groups is 2. The van der Waals surface area contributed by atoms with Crippen LogP contribution in [-0.2, 0) is 14.6 Å². The summed E-state index contributed by atoms with van der Waals surface area (Å²) in [5.41, 5.74) is 0. The van der Waals surface area contributed by atoms with Crippen molar-refractivity contribution in [3.63, 3.8) is 0 Å². The van der Waals surface area contributed by atoms with Crippen LogP contribution in [0.5, 0.6) is 0 Å². The molecular weight excluding hydrogens is 152 g/mol. The molecule has 1 aliphatic heterocycles. The van der Waals surface area contributed by atoms with E-state index in [9.17, 15) is 4.79 Å². The highest BCUT2D eigenvalue weighted by molar-refractivity contribution is 5.82. The van der Waals surface area contributed by atoms with Gasteiger partial charge < -0.3 is 10.2 Å². The van der Waals surface area contributed by atoms with E-state index in [-0.39, 0.29) is 25.2 Å². The van der Waals surface area contributed by atoms with Gasteiger partial charge in [0.1, 0.15) is 6.10 Å². The maximum Gasteiger partial charge on any atom is 0.227 e. The lowest BCUT2D eigenvalue weighted by Crippen LogP contribution is -2.22. The van der Waals surface area contributed by atoms with Crippen LogP contribution in [0, 0.1) is 0 Å². The average Bonchev–Trinajstić information content (AvgIpc) is 2.72. The first-order valence-electron chi connectivity index (χ1n) is 3.38. The Balaban J connectivity index is 2.15. The van der Waals surface area contributed by atoms with Crippen molar-refractivity contribution in [2.45, 2.75) is 25.2 Å². The summed E-state index contributed by atoms with van der Waals surface area (Å²) in [6.45, 7) is -0.234. The van der Waals surface area contributed by atoms with E-state index < -0.39 is 12.4 Å². The van der Waals surface area contributed by atoms with Gasteiger partial charge >= 0.3 is 0 Å². The molecule has 0 saturated carbocycles. The van der Waals surface area contributed by atoms with Gasteiger partial charge in [0.05, 0.1) is 6.61 Å². The van der Waals surface area contributed by atoms with Crippen molar-refractivity contribution in [2.75, 3.05) is 6.61 Å². The van der Waals surface area contributed by atoms with Gasteiger partial charge in [0.15, 0.2) is 5.78 Å². The molecule has 0 aromatic carbocycles. The minimum atomic E-state index is -1.07. The van der Waals surface area contributed by atoms with Crippen LogP contribution in [0.4, 0.5) is 0 Å². The van der Waals surface area contributed by atoms with Crippen molar-refractivity contribution in [1.82, 2.24) is 0 Å². The van der Waals surface area contributed by atoms with Gasteiger partial charge in [-0.05, 0) is 0 Å². The Kier molecular flexibility index (Phi) is 2.95. The quantitative estimate of drug-likeness (QED) is 0.399. The number of hydrogen-bond acceptors (Lipinski definition) is 5. The second-order valence-corrected chi connectivity index (χ2v) is 2.31. The third-order valence-corrected chi connectivity index (χ3v) is 1.38. The molecule has 1 unspecified atom stereocenters. The molecule has 0 radical (unpaired) electrons. The summed E-state index contributed by atoms with van der Waals surface area (Å²) in [4.78, 5) is 19.5. The molecule has 1 fully saturated rings. The van der Waals surface area contributed by atoms with Gasteiger partial charge in [-0.2, -0.15) is 9.78 Å². The summed E-state index contributed by atoms with van der Waals surface area (Å²) in [6.07, 6.45) is -1.38. The number of aliphatic hydroxyl groups excluding tert-OH is 2. The maximum atomic E-state index is 10.8.